The number of nitrogens with zero attached hydrogens (tertiary/aromatic N) is 3. The molecule has 0 aliphatic heterocycles. The number of anilines is 1. The number of amides is 2. The predicted molar refractivity (Wildman–Crippen MR) is 133 cm³/mol. The molecule has 0 fully saturated rings. The molecule has 0 saturated heterocycles. The molecule has 3 aromatic carbocycles. The Kier molecular flexibility index (Phi) is 6.54. The van der Waals surface area contributed by atoms with Gasteiger partial charge >= 0.3 is 6.03 Å². The molecule has 0 aliphatic rings. The SMILES string of the molecule is CCc1ccccc1-n1c(C(C)N(CC)C(=O)Nc2ccccc2)nc2ccccc2c1=O. The fourth-order valence-corrected chi connectivity index (χ4v) is 4.14. The number of aryl methyl sites for hydroxylation is 1. The van der Waals surface area contributed by atoms with Crippen LogP contribution in [0.3, 0.4) is 0 Å². The average Bonchev–Trinajstić information content (AvgIpc) is 2.85. The fourth-order valence-electron chi connectivity index (χ4n) is 4.14. The lowest BCUT2D eigenvalue weighted by Gasteiger charge is -2.30. The lowest BCUT2D eigenvalue weighted by atomic mass is 10.1. The minimum absolute atomic E-state index is 0.136. The molecule has 2 amide bonds. The van der Waals surface area contributed by atoms with Crippen LogP contribution in [0.5, 0.6) is 0 Å². The van der Waals surface area contributed by atoms with Crippen LogP contribution in [0.1, 0.15) is 38.2 Å². The lowest BCUT2D eigenvalue weighted by molar-refractivity contribution is 0.193. The second-order valence-corrected chi connectivity index (χ2v) is 7.87. The summed E-state index contributed by atoms with van der Waals surface area (Å²) in [5.41, 5.74) is 3.04. The Morgan fingerprint density at radius 1 is 0.970 bits per heavy atom. The number of urea groups is 1. The van der Waals surface area contributed by atoms with Crippen LogP contribution in [-0.2, 0) is 6.42 Å². The first-order chi connectivity index (χ1) is 16.0. The van der Waals surface area contributed by atoms with E-state index in [1.165, 1.54) is 0 Å². The fraction of sp³-hybridized carbons (Fsp3) is 0.222. The van der Waals surface area contributed by atoms with Gasteiger partial charge in [0.15, 0.2) is 0 Å². The van der Waals surface area contributed by atoms with E-state index in [-0.39, 0.29) is 11.6 Å². The second-order valence-electron chi connectivity index (χ2n) is 7.87. The second kappa shape index (κ2) is 9.69. The Hall–Kier alpha value is -3.93. The molecule has 6 nitrogen and oxygen atoms in total. The number of carbonyl (C=O) groups excluding carboxylic acids is 1. The van der Waals surface area contributed by atoms with Crippen LogP contribution in [0.25, 0.3) is 16.6 Å². The van der Waals surface area contributed by atoms with Crippen LogP contribution in [0, 0.1) is 0 Å². The Morgan fingerprint density at radius 3 is 2.36 bits per heavy atom. The van der Waals surface area contributed by atoms with Gasteiger partial charge in [0.05, 0.1) is 22.6 Å². The van der Waals surface area contributed by atoms with Crippen LogP contribution in [0.4, 0.5) is 10.5 Å². The quantitative estimate of drug-likeness (QED) is 0.427. The Balaban J connectivity index is 1.86. The highest BCUT2D eigenvalue weighted by Crippen LogP contribution is 2.25. The molecule has 1 atom stereocenters. The Bertz CT molecular complexity index is 1330. The zero-order valence-electron chi connectivity index (χ0n) is 19.2. The first kappa shape index (κ1) is 22.3. The maximum atomic E-state index is 13.7. The molecule has 1 aromatic heterocycles. The lowest BCUT2D eigenvalue weighted by Crippen LogP contribution is -2.39. The van der Waals surface area contributed by atoms with Gasteiger partial charge in [-0.15, -0.1) is 0 Å². The zero-order valence-corrected chi connectivity index (χ0v) is 19.2. The van der Waals surface area contributed by atoms with E-state index in [9.17, 15) is 9.59 Å². The van der Waals surface area contributed by atoms with Crippen molar-refractivity contribution < 1.29 is 4.79 Å². The van der Waals surface area contributed by atoms with Gasteiger partial charge in [-0.1, -0.05) is 55.5 Å². The molecule has 0 spiro atoms. The summed E-state index contributed by atoms with van der Waals surface area (Å²) in [6.07, 6.45) is 0.773. The standard InChI is InChI=1S/C27H28N4O2/c1-4-20-13-9-12-18-24(20)31-25(29-23-17-11-10-16-22(23)26(31)32)19(3)30(5-2)27(33)28-21-14-7-6-8-15-21/h6-19H,4-5H2,1-3H3,(H,28,33). The largest absolute Gasteiger partial charge is 0.322 e. The van der Waals surface area contributed by atoms with E-state index in [4.69, 9.17) is 4.98 Å². The van der Waals surface area contributed by atoms with Gasteiger partial charge in [-0.2, -0.15) is 0 Å². The first-order valence-corrected chi connectivity index (χ1v) is 11.3. The van der Waals surface area contributed by atoms with Gasteiger partial charge in [-0.05, 0) is 56.2 Å². The molecule has 1 heterocycles. The van der Waals surface area contributed by atoms with Gasteiger partial charge in [-0.3, -0.25) is 9.36 Å². The summed E-state index contributed by atoms with van der Waals surface area (Å²) < 4.78 is 1.67. The smallest absolute Gasteiger partial charge is 0.315 e. The molecule has 4 aromatic rings. The molecular formula is C27H28N4O2. The van der Waals surface area contributed by atoms with E-state index in [0.29, 0.717) is 29.0 Å². The predicted octanol–water partition coefficient (Wildman–Crippen LogP) is 5.56. The number of carbonyl (C=O) groups is 1. The van der Waals surface area contributed by atoms with Gasteiger partial charge in [0.1, 0.15) is 5.82 Å². The summed E-state index contributed by atoms with van der Waals surface area (Å²) in [7, 11) is 0. The Morgan fingerprint density at radius 2 is 1.64 bits per heavy atom. The molecule has 0 radical (unpaired) electrons. The van der Waals surface area contributed by atoms with Crippen molar-refractivity contribution in [1.29, 1.82) is 0 Å². The van der Waals surface area contributed by atoms with E-state index in [1.54, 1.807) is 15.5 Å². The average molecular weight is 441 g/mol. The highest BCUT2D eigenvalue weighted by Gasteiger charge is 2.26. The molecule has 0 aliphatic carbocycles. The van der Waals surface area contributed by atoms with Crippen molar-refractivity contribution >= 4 is 22.6 Å². The third-order valence-corrected chi connectivity index (χ3v) is 5.88. The minimum Gasteiger partial charge on any atom is -0.315 e. The van der Waals surface area contributed by atoms with E-state index < -0.39 is 6.04 Å². The normalized spacial score (nSPS) is 11.8. The van der Waals surface area contributed by atoms with E-state index >= 15 is 0 Å². The summed E-state index contributed by atoms with van der Waals surface area (Å²) in [5, 5.41) is 3.50. The van der Waals surface area contributed by atoms with Crippen LogP contribution < -0.4 is 10.9 Å². The van der Waals surface area contributed by atoms with E-state index in [0.717, 1.165) is 17.7 Å². The minimum atomic E-state index is -0.444. The van der Waals surface area contributed by atoms with Gasteiger partial charge in [0.25, 0.3) is 5.56 Å². The van der Waals surface area contributed by atoms with Gasteiger partial charge in [0.2, 0.25) is 0 Å². The molecule has 1 N–H and O–H groups in total. The first-order valence-electron chi connectivity index (χ1n) is 11.3. The van der Waals surface area contributed by atoms with Crippen molar-refractivity contribution in [1.82, 2.24) is 14.5 Å². The van der Waals surface area contributed by atoms with Crippen molar-refractivity contribution in [2.75, 3.05) is 11.9 Å². The molecule has 0 saturated carbocycles. The number of hydrogen-bond acceptors (Lipinski definition) is 3. The zero-order chi connectivity index (χ0) is 23.4. The van der Waals surface area contributed by atoms with Gasteiger partial charge in [0, 0.05) is 12.2 Å². The topological polar surface area (TPSA) is 67.2 Å². The molecule has 4 rings (SSSR count). The number of rotatable bonds is 6. The summed E-state index contributed by atoms with van der Waals surface area (Å²) >= 11 is 0. The highest BCUT2D eigenvalue weighted by atomic mass is 16.2. The van der Waals surface area contributed by atoms with E-state index in [1.807, 2.05) is 86.6 Å². The molecule has 0 bridgehead atoms. The van der Waals surface area contributed by atoms with Crippen molar-refractivity contribution in [3.63, 3.8) is 0 Å². The number of benzene rings is 3. The summed E-state index contributed by atoms with van der Waals surface area (Å²) in [6.45, 7) is 6.35. The molecule has 33 heavy (non-hydrogen) atoms. The van der Waals surface area contributed by atoms with Gasteiger partial charge < -0.3 is 10.2 Å². The van der Waals surface area contributed by atoms with Crippen molar-refractivity contribution in [2.24, 2.45) is 0 Å². The third kappa shape index (κ3) is 4.37. The van der Waals surface area contributed by atoms with Gasteiger partial charge in [-0.25, -0.2) is 9.78 Å². The number of aromatic nitrogens is 2. The summed E-state index contributed by atoms with van der Waals surface area (Å²) in [4.78, 5) is 33.5. The summed E-state index contributed by atoms with van der Waals surface area (Å²) in [6, 6.07) is 23.8. The van der Waals surface area contributed by atoms with Crippen molar-refractivity contribution in [2.45, 2.75) is 33.2 Å². The Labute approximate surface area is 193 Å². The number of nitrogens with one attached hydrogen (secondary N) is 1. The monoisotopic (exact) mass is 440 g/mol. The molecular weight excluding hydrogens is 412 g/mol. The maximum absolute atomic E-state index is 13.7. The van der Waals surface area contributed by atoms with Crippen molar-refractivity contribution in [3.8, 4) is 5.69 Å². The highest BCUT2D eigenvalue weighted by molar-refractivity contribution is 5.89. The van der Waals surface area contributed by atoms with Crippen molar-refractivity contribution in [3.05, 3.63) is 101 Å². The molecule has 1 unspecified atom stereocenters. The van der Waals surface area contributed by atoms with Crippen LogP contribution in [-0.4, -0.2) is 27.0 Å². The molecule has 6 heteroatoms. The van der Waals surface area contributed by atoms with Crippen LogP contribution in [0.2, 0.25) is 0 Å². The third-order valence-electron chi connectivity index (χ3n) is 5.88. The number of hydrogen-bond donors (Lipinski definition) is 1. The van der Waals surface area contributed by atoms with Crippen LogP contribution in [0.15, 0.2) is 83.7 Å². The van der Waals surface area contributed by atoms with Crippen LogP contribution >= 0.6 is 0 Å². The maximum Gasteiger partial charge on any atom is 0.322 e. The van der Waals surface area contributed by atoms with E-state index in [2.05, 4.69) is 12.2 Å². The number of para-hydroxylation sites is 3. The summed E-state index contributed by atoms with van der Waals surface area (Å²) in [5.74, 6) is 0.532. The molecule has 168 valence electrons. The number of fused-ring (bicyclic) bond motifs is 1.